The Morgan fingerprint density at radius 2 is 1.89 bits per heavy atom. The molecule has 2 heterocycles. The van der Waals surface area contributed by atoms with Crippen molar-refractivity contribution in [2.45, 2.75) is 19.8 Å². The molecule has 5 rings (SSSR count). The highest BCUT2D eigenvalue weighted by atomic mass is 35.5. The number of benzene rings is 2. The summed E-state index contributed by atoms with van der Waals surface area (Å²) in [4.78, 5) is 32.5. The first-order valence-corrected chi connectivity index (χ1v) is 11.7. The Bertz CT molecular complexity index is 1600. The molecule has 1 N–H and O–H groups in total. The predicted molar refractivity (Wildman–Crippen MR) is 139 cm³/mol. The molecular weight excluding hydrogens is 505 g/mol. The molecule has 0 fully saturated rings. The summed E-state index contributed by atoms with van der Waals surface area (Å²) in [6.07, 6.45) is 4.39. The number of halogens is 2. The molecule has 36 heavy (non-hydrogen) atoms. The number of allylic oxidation sites excluding steroid dienone is 5. The van der Waals surface area contributed by atoms with Gasteiger partial charge in [-0.15, -0.1) is 0 Å². The monoisotopic (exact) mass is 522 g/mol. The van der Waals surface area contributed by atoms with Gasteiger partial charge < -0.3 is 14.9 Å². The maximum atomic E-state index is 13.8. The van der Waals surface area contributed by atoms with Crippen molar-refractivity contribution in [2.24, 2.45) is 4.99 Å². The van der Waals surface area contributed by atoms with Gasteiger partial charge in [-0.3, -0.25) is 14.9 Å². The van der Waals surface area contributed by atoms with Crippen LogP contribution in [0.1, 0.15) is 30.9 Å². The van der Waals surface area contributed by atoms with E-state index in [0.717, 1.165) is 0 Å². The minimum Gasteiger partial charge on any atom is -0.733 e. The summed E-state index contributed by atoms with van der Waals surface area (Å²) < 4.78 is 5.45. The maximum Gasteiger partial charge on any atom is 0.343 e. The predicted octanol–water partition coefficient (Wildman–Crippen LogP) is 5.96. The average molecular weight is 523 g/mol. The van der Waals surface area contributed by atoms with Crippen molar-refractivity contribution < 1.29 is 14.4 Å². The van der Waals surface area contributed by atoms with Crippen LogP contribution in [0.4, 0.5) is 5.69 Å². The van der Waals surface area contributed by atoms with E-state index >= 15 is 0 Å². The number of carbonyl (C=O) groups is 1. The van der Waals surface area contributed by atoms with E-state index in [2.05, 4.69) is 4.99 Å². The zero-order valence-electron chi connectivity index (χ0n) is 18.9. The minimum atomic E-state index is -0.601. The van der Waals surface area contributed by atoms with E-state index in [0.29, 0.717) is 40.1 Å². The summed E-state index contributed by atoms with van der Waals surface area (Å²) >= 11 is 12.6. The van der Waals surface area contributed by atoms with Crippen LogP contribution in [0.5, 0.6) is 0 Å². The van der Waals surface area contributed by atoms with Crippen molar-refractivity contribution in [3.63, 3.8) is 0 Å². The van der Waals surface area contributed by atoms with Gasteiger partial charge in [0.2, 0.25) is 0 Å². The Kier molecular flexibility index (Phi) is 6.27. The van der Waals surface area contributed by atoms with Crippen LogP contribution in [0, 0.1) is 5.21 Å². The van der Waals surface area contributed by atoms with Gasteiger partial charge in [-0.25, -0.2) is 9.79 Å². The van der Waals surface area contributed by atoms with Gasteiger partial charge in [0.05, 0.1) is 16.3 Å². The van der Waals surface area contributed by atoms with E-state index in [-0.39, 0.29) is 38.6 Å². The molecule has 3 aromatic rings. The number of amides is 1. The summed E-state index contributed by atoms with van der Waals surface area (Å²) in [6.45, 7) is 1.62. The lowest BCUT2D eigenvalue weighted by Crippen LogP contribution is -2.33. The van der Waals surface area contributed by atoms with Gasteiger partial charge in [-0.2, -0.15) is 0 Å². The van der Waals surface area contributed by atoms with E-state index in [1.165, 1.54) is 23.1 Å². The van der Waals surface area contributed by atoms with Crippen LogP contribution in [-0.2, 0) is 4.79 Å². The molecule has 10 heteroatoms. The van der Waals surface area contributed by atoms with E-state index in [9.17, 15) is 20.0 Å². The van der Waals surface area contributed by atoms with Crippen molar-refractivity contribution in [2.75, 3.05) is 5.23 Å². The van der Waals surface area contributed by atoms with E-state index < -0.39 is 11.5 Å². The topological polar surface area (TPSA) is 109 Å². The number of fused-ring (bicyclic) bond motifs is 1. The third kappa shape index (κ3) is 4.25. The summed E-state index contributed by atoms with van der Waals surface area (Å²) in [5, 5.41) is 22.2. The number of amidine groups is 1. The number of rotatable bonds is 4. The molecule has 1 aliphatic carbocycles. The number of aliphatic imine (C=N–C) groups is 1. The lowest BCUT2D eigenvalue weighted by atomic mass is 10.0. The molecule has 0 bridgehead atoms. The number of anilines is 1. The summed E-state index contributed by atoms with van der Waals surface area (Å²) in [5.74, 6) is -0.317. The zero-order valence-corrected chi connectivity index (χ0v) is 20.4. The van der Waals surface area contributed by atoms with Gasteiger partial charge >= 0.3 is 5.63 Å². The molecule has 0 saturated heterocycles. The number of para-hydroxylation sites is 1. The highest BCUT2D eigenvalue weighted by Gasteiger charge is 2.36. The van der Waals surface area contributed by atoms with Gasteiger partial charge in [0.25, 0.3) is 5.91 Å². The molecule has 0 unspecified atom stereocenters. The molecule has 2 aromatic carbocycles. The van der Waals surface area contributed by atoms with Gasteiger partial charge in [0, 0.05) is 21.7 Å². The fourth-order valence-corrected chi connectivity index (χ4v) is 4.50. The number of carbonyl (C=O) groups excluding carboxylic acids is 1. The van der Waals surface area contributed by atoms with Gasteiger partial charge in [0.15, 0.2) is 0 Å². The van der Waals surface area contributed by atoms with Crippen LogP contribution in [0.25, 0.3) is 16.5 Å². The minimum absolute atomic E-state index is 0.0265. The fraction of sp³-hybridized carbons (Fsp3) is 0.115. The van der Waals surface area contributed by atoms with Crippen LogP contribution in [0.15, 0.2) is 91.3 Å². The smallest absolute Gasteiger partial charge is 0.343 e. The normalized spacial score (nSPS) is 17.2. The zero-order chi connectivity index (χ0) is 25.6. The van der Waals surface area contributed by atoms with E-state index in [1.807, 2.05) is 6.07 Å². The Hall–Kier alpha value is -3.69. The first-order chi connectivity index (χ1) is 17.2. The Morgan fingerprint density at radius 3 is 2.61 bits per heavy atom. The molecule has 1 aliphatic heterocycles. The molecule has 182 valence electrons. The average Bonchev–Trinajstić information content (AvgIpc) is 3.20. The highest BCUT2D eigenvalue weighted by molar-refractivity contribution is 6.36. The summed E-state index contributed by atoms with van der Waals surface area (Å²) in [5.41, 5.74) is 1.16. The largest absolute Gasteiger partial charge is 0.733 e. The van der Waals surface area contributed by atoms with Gasteiger partial charge in [0.1, 0.15) is 17.1 Å². The Balaban J connectivity index is 1.72. The first kappa shape index (κ1) is 24.0. The van der Waals surface area contributed by atoms with E-state index in [4.69, 9.17) is 27.6 Å². The molecular formula is C26H18Cl2N3O5-. The second-order valence-electron chi connectivity index (χ2n) is 8.24. The molecule has 1 aromatic heterocycles. The molecule has 8 nitrogen and oxygen atoms in total. The molecule has 0 radical (unpaired) electrons. The van der Waals surface area contributed by atoms with Crippen molar-refractivity contribution in [3.05, 3.63) is 109 Å². The number of hydrogen-bond acceptors (Lipinski definition) is 7. The van der Waals surface area contributed by atoms with Crippen molar-refractivity contribution in [3.8, 4) is 0 Å². The summed E-state index contributed by atoms with van der Waals surface area (Å²) in [6, 6.07) is 12.8. The second-order valence-corrected chi connectivity index (χ2v) is 9.14. The van der Waals surface area contributed by atoms with E-state index in [1.54, 1.807) is 43.3 Å². The highest BCUT2D eigenvalue weighted by Crippen LogP contribution is 2.35. The molecule has 0 saturated carbocycles. The Morgan fingerprint density at radius 1 is 1.11 bits per heavy atom. The quantitative estimate of drug-likeness (QED) is 0.257. The second kappa shape index (κ2) is 9.40. The molecule has 1 amide bonds. The van der Waals surface area contributed by atoms with Gasteiger partial charge in [-0.1, -0.05) is 41.4 Å². The van der Waals surface area contributed by atoms with Gasteiger partial charge in [-0.05, 0) is 67.8 Å². The number of nitrogens with zero attached hydrogens (tertiary/aromatic N) is 3. The third-order valence-electron chi connectivity index (χ3n) is 6.01. The fourth-order valence-electron chi connectivity index (χ4n) is 4.14. The van der Waals surface area contributed by atoms with Crippen LogP contribution in [-0.4, -0.2) is 21.8 Å². The van der Waals surface area contributed by atoms with Crippen LogP contribution in [0.2, 0.25) is 5.02 Å². The lowest BCUT2D eigenvalue weighted by Gasteiger charge is -2.26. The standard InChI is InChI=1S/C26H18Cl2N3O5/c1-14(19-12-15-4-2-3-5-22(15)36-26(19)33)23-25(32)30(17-8-6-16(27)7-9-17)24(29-23)20-13-18(31(34)35)10-11-21(20)28/h2-6,8,10-13,34H,7,9H2,1H3/q-1/b23-14+. The van der Waals surface area contributed by atoms with Crippen LogP contribution in [0.3, 0.4) is 0 Å². The van der Waals surface area contributed by atoms with Crippen LogP contribution >= 0.6 is 23.2 Å². The SMILES string of the molecule is C/C(=C1\N=C(c2cc(N([O-])O)ccc2Cl)N(C2=CC=C(Cl)CC2)C1=O)c1cc2ccccc2oc1=O. The molecule has 0 atom stereocenters. The summed E-state index contributed by atoms with van der Waals surface area (Å²) in [7, 11) is 0. The van der Waals surface area contributed by atoms with Crippen LogP contribution < -0.4 is 10.9 Å². The van der Waals surface area contributed by atoms with Crippen molar-refractivity contribution in [1.29, 1.82) is 0 Å². The molecule has 0 spiro atoms. The number of hydrogen-bond donors (Lipinski definition) is 1. The van der Waals surface area contributed by atoms with Crippen molar-refractivity contribution in [1.82, 2.24) is 4.90 Å². The lowest BCUT2D eigenvalue weighted by molar-refractivity contribution is -0.121. The Labute approximate surface area is 215 Å². The maximum absolute atomic E-state index is 13.8. The third-order valence-corrected chi connectivity index (χ3v) is 6.66. The van der Waals surface area contributed by atoms with Crippen molar-refractivity contribution >= 4 is 57.2 Å². The first-order valence-electron chi connectivity index (χ1n) is 10.9. The molecule has 2 aliphatic rings.